The summed E-state index contributed by atoms with van der Waals surface area (Å²) in [4.78, 5) is 12.1. The van der Waals surface area contributed by atoms with E-state index in [0.29, 0.717) is 23.7 Å². The molecule has 1 aromatic carbocycles. The minimum absolute atomic E-state index is 0.000890. The molecular formula is C13H18FNO2S. The summed E-state index contributed by atoms with van der Waals surface area (Å²) in [6.45, 7) is 2.37. The van der Waals surface area contributed by atoms with Crippen molar-refractivity contribution in [2.45, 2.75) is 24.3 Å². The van der Waals surface area contributed by atoms with Crippen LogP contribution in [0, 0.1) is 5.82 Å². The summed E-state index contributed by atoms with van der Waals surface area (Å²) in [6, 6.07) is 6.57. The number of ether oxygens (including phenoxy) is 1. The Morgan fingerprint density at radius 2 is 2.22 bits per heavy atom. The Kier molecular flexibility index (Phi) is 6.75. The van der Waals surface area contributed by atoms with Crippen LogP contribution in [0.3, 0.4) is 0 Å². The van der Waals surface area contributed by atoms with Gasteiger partial charge in [0.05, 0.1) is 6.61 Å². The van der Waals surface area contributed by atoms with Crippen LogP contribution in [0.2, 0.25) is 0 Å². The van der Waals surface area contributed by atoms with Crippen LogP contribution in [0.25, 0.3) is 0 Å². The van der Waals surface area contributed by atoms with Crippen molar-refractivity contribution in [2.24, 2.45) is 0 Å². The van der Waals surface area contributed by atoms with Gasteiger partial charge in [0.25, 0.3) is 0 Å². The molecule has 0 aromatic heterocycles. The van der Waals surface area contributed by atoms with Crippen molar-refractivity contribution in [1.29, 1.82) is 0 Å². The van der Waals surface area contributed by atoms with Crippen molar-refractivity contribution >= 4 is 17.7 Å². The Balaban J connectivity index is 2.25. The van der Waals surface area contributed by atoms with Gasteiger partial charge in [-0.3, -0.25) is 4.79 Å². The first-order valence-corrected chi connectivity index (χ1v) is 6.77. The lowest BCUT2D eigenvalue weighted by atomic mass is 10.3. The van der Waals surface area contributed by atoms with Gasteiger partial charge in [-0.2, -0.15) is 0 Å². The number of hydrogen-bond acceptors (Lipinski definition) is 3. The zero-order chi connectivity index (χ0) is 13.4. The van der Waals surface area contributed by atoms with Gasteiger partial charge in [-0.15, -0.1) is 11.8 Å². The van der Waals surface area contributed by atoms with Gasteiger partial charge in [0.1, 0.15) is 5.82 Å². The second-order valence-corrected chi connectivity index (χ2v) is 5.09. The first-order chi connectivity index (χ1) is 8.63. The van der Waals surface area contributed by atoms with Gasteiger partial charge in [0, 0.05) is 30.2 Å². The second kappa shape index (κ2) is 8.11. The maximum absolute atomic E-state index is 13.3. The SMILES string of the molecule is COCC(C)NC(=O)CCSc1ccccc1F. The highest BCUT2D eigenvalue weighted by Crippen LogP contribution is 2.21. The van der Waals surface area contributed by atoms with Gasteiger partial charge in [-0.05, 0) is 19.1 Å². The lowest BCUT2D eigenvalue weighted by Crippen LogP contribution is -2.35. The molecule has 0 radical (unpaired) electrons. The minimum atomic E-state index is -0.240. The zero-order valence-electron chi connectivity index (χ0n) is 10.6. The number of halogens is 1. The van der Waals surface area contributed by atoms with E-state index in [4.69, 9.17) is 4.74 Å². The van der Waals surface area contributed by atoms with Crippen molar-refractivity contribution in [1.82, 2.24) is 5.32 Å². The van der Waals surface area contributed by atoms with E-state index in [2.05, 4.69) is 5.32 Å². The molecule has 0 aliphatic heterocycles. The average Bonchev–Trinajstić information content (AvgIpc) is 2.31. The molecule has 100 valence electrons. The number of thioether (sulfide) groups is 1. The van der Waals surface area contributed by atoms with E-state index in [-0.39, 0.29) is 17.8 Å². The Labute approximate surface area is 111 Å². The minimum Gasteiger partial charge on any atom is -0.383 e. The van der Waals surface area contributed by atoms with Crippen LogP contribution in [0.15, 0.2) is 29.2 Å². The number of methoxy groups -OCH3 is 1. The lowest BCUT2D eigenvalue weighted by Gasteiger charge is -2.12. The second-order valence-electron chi connectivity index (χ2n) is 3.95. The number of carbonyl (C=O) groups is 1. The summed E-state index contributed by atoms with van der Waals surface area (Å²) >= 11 is 1.35. The van der Waals surface area contributed by atoms with Crippen LogP contribution in [0.1, 0.15) is 13.3 Å². The number of amides is 1. The number of nitrogens with one attached hydrogen (secondary N) is 1. The fourth-order valence-electron chi connectivity index (χ4n) is 1.45. The van der Waals surface area contributed by atoms with Crippen LogP contribution < -0.4 is 5.32 Å². The predicted octanol–water partition coefficient (Wildman–Crippen LogP) is 2.46. The van der Waals surface area contributed by atoms with Crippen LogP contribution in [0.4, 0.5) is 4.39 Å². The molecule has 1 amide bonds. The standard InChI is InChI=1S/C13H18FNO2S/c1-10(9-17-2)15-13(16)7-8-18-12-6-4-3-5-11(12)14/h3-6,10H,7-9H2,1-2H3,(H,15,16). The van der Waals surface area contributed by atoms with Gasteiger partial charge >= 0.3 is 0 Å². The number of benzene rings is 1. The van der Waals surface area contributed by atoms with Gasteiger partial charge in [0.15, 0.2) is 0 Å². The molecule has 1 unspecified atom stereocenters. The molecule has 0 heterocycles. The molecule has 18 heavy (non-hydrogen) atoms. The monoisotopic (exact) mass is 271 g/mol. The number of rotatable bonds is 7. The average molecular weight is 271 g/mol. The molecule has 0 aliphatic carbocycles. The lowest BCUT2D eigenvalue weighted by molar-refractivity contribution is -0.121. The van der Waals surface area contributed by atoms with Crippen LogP contribution in [0.5, 0.6) is 0 Å². The molecule has 1 aromatic rings. The molecule has 1 rings (SSSR count). The maximum atomic E-state index is 13.3. The summed E-state index contributed by atoms with van der Waals surface area (Å²) in [5.41, 5.74) is 0. The smallest absolute Gasteiger partial charge is 0.221 e. The Bertz CT molecular complexity index is 387. The first kappa shape index (κ1) is 15.0. The zero-order valence-corrected chi connectivity index (χ0v) is 11.4. The first-order valence-electron chi connectivity index (χ1n) is 5.79. The Morgan fingerprint density at radius 3 is 2.89 bits per heavy atom. The fourth-order valence-corrected chi connectivity index (χ4v) is 2.34. The quantitative estimate of drug-likeness (QED) is 0.774. The molecule has 0 fully saturated rings. The molecule has 5 heteroatoms. The molecular weight excluding hydrogens is 253 g/mol. The highest BCUT2D eigenvalue weighted by Gasteiger charge is 2.07. The highest BCUT2D eigenvalue weighted by atomic mass is 32.2. The van der Waals surface area contributed by atoms with Crippen molar-refractivity contribution in [3.05, 3.63) is 30.1 Å². The van der Waals surface area contributed by atoms with E-state index in [0.717, 1.165) is 0 Å². The Hall–Kier alpha value is -1.07. The van der Waals surface area contributed by atoms with Crippen LogP contribution >= 0.6 is 11.8 Å². The molecule has 0 aliphatic rings. The highest BCUT2D eigenvalue weighted by molar-refractivity contribution is 7.99. The van der Waals surface area contributed by atoms with E-state index in [1.807, 2.05) is 6.92 Å². The maximum Gasteiger partial charge on any atom is 0.221 e. The van der Waals surface area contributed by atoms with Crippen molar-refractivity contribution in [3.8, 4) is 0 Å². The van der Waals surface area contributed by atoms with E-state index in [9.17, 15) is 9.18 Å². The molecule has 0 bridgehead atoms. The van der Waals surface area contributed by atoms with Crippen molar-refractivity contribution < 1.29 is 13.9 Å². The summed E-state index contributed by atoms with van der Waals surface area (Å²) < 4.78 is 18.2. The van der Waals surface area contributed by atoms with Crippen LogP contribution in [-0.4, -0.2) is 31.4 Å². The Morgan fingerprint density at radius 1 is 1.50 bits per heavy atom. The summed E-state index contributed by atoms with van der Waals surface area (Å²) in [5, 5.41) is 2.81. The van der Waals surface area contributed by atoms with Gasteiger partial charge in [-0.25, -0.2) is 4.39 Å². The third-order valence-electron chi connectivity index (χ3n) is 2.25. The molecule has 1 N–H and O–H groups in total. The predicted molar refractivity (Wildman–Crippen MR) is 71.2 cm³/mol. The molecule has 0 saturated carbocycles. The normalized spacial score (nSPS) is 12.2. The number of hydrogen-bond donors (Lipinski definition) is 1. The van der Waals surface area contributed by atoms with E-state index >= 15 is 0 Å². The van der Waals surface area contributed by atoms with E-state index < -0.39 is 0 Å². The topological polar surface area (TPSA) is 38.3 Å². The van der Waals surface area contributed by atoms with Crippen molar-refractivity contribution in [3.63, 3.8) is 0 Å². The van der Waals surface area contributed by atoms with E-state index in [1.165, 1.54) is 17.8 Å². The van der Waals surface area contributed by atoms with Gasteiger partial charge in [0.2, 0.25) is 5.91 Å². The summed E-state index contributed by atoms with van der Waals surface area (Å²) in [5.74, 6) is 0.283. The molecule has 3 nitrogen and oxygen atoms in total. The van der Waals surface area contributed by atoms with E-state index in [1.54, 1.807) is 25.3 Å². The fraction of sp³-hybridized carbons (Fsp3) is 0.462. The van der Waals surface area contributed by atoms with Gasteiger partial charge < -0.3 is 10.1 Å². The third kappa shape index (κ3) is 5.51. The van der Waals surface area contributed by atoms with Gasteiger partial charge in [-0.1, -0.05) is 12.1 Å². The molecule has 1 atom stereocenters. The van der Waals surface area contributed by atoms with Crippen molar-refractivity contribution in [2.75, 3.05) is 19.5 Å². The van der Waals surface area contributed by atoms with Crippen LogP contribution in [-0.2, 0) is 9.53 Å². The summed E-state index contributed by atoms with van der Waals surface area (Å²) in [6.07, 6.45) is 0.368. The summed E-state index contributed by atoms with van der Waals surface area (Å²) in [7, 11) is 1.59. The molecule has 0 saturated heterocycles. The third-order valence-corrected chi connectivity index (χ3v) is 3.30. The largest absolute Gasteiger partial charge is 0.383 e. The number of carbonyl (C=O) groups excluding carboxylic acids is 1. The molecule has 0 spiro atoms.